The van der Waals surface area contributed by atoms with E-state index in [0.717, 1.165) is 33.4 Å². The van der Waals surface area contributed by atoms with E-state index in [1.54, 1.807) is 57.2 Å². The molecular weight excluding hydrogens is 793 g/mol. The lowest BCUT2D eigenvalue weighted by molar-refractivity contribution is -0.142. The van der Waals surface area contributed by atoms with Crippen LogP contribution >= 0.6 is 23.2 Å². The SMILES string of the molecule is CC(C)(C)OC(=O)N1Cc2cc3c(cc2CC1C(=O)N[C@@H](Cc1ccc(-c2ccc(C#N)cc2)cc1)C(=O)O)OC[C@H](c1ccc(OCc2ccc(Cl)c(Cl)c2)cc1)O3. The van der Waals surface area contributed by atoms with Crippen LogP contribution < -0.4 is 19.5 Å². The molecule has 0 radical (unpaired) electrons. The molecular formula is C46H41Cl2N3O8. The second-order valence-corrected chi connectivity index (χ2v) is 16.2. The Balaban J connectivity index is 1.04. The fraction of sp³-hybridized carbons (Fsp3) is 0.261. The number of carbonyl (C=O) groups is 3. The van der Waals surface area contributed by atoms with Gasteiger partial charge in [0.1, 0.15) is 36.6 Å². The lowest BCUT2D eigenvalue weighted by Gasteiger charge is -2.38. The minimum absolute atomic E-state index is 0.0127. The highest BCUT2D eigenvalue weighted by Gasteiger charge is 2.39. The molecule has 5 aromatic rings. The maximum Gasteiger partial charge on any atom is 0.411 e. The van der Waals surface area contributed by atoms with Crippen LogP contribution in [-0.4, -0.2) is 52.3 Å². The number of nitrogens with one attached hydrogen (secondary N) is 1. The van der Waals surface area contributed by atoms with E-state index < -0.39 is 41.8 Å². The van der Waals surface area contributed by atoms with Crippen LogP contribution in [0.25, 0.3) is 11.1 Å². The molecule has 0 saturated carbocycles. The Bertz CT molecular complexity index is 2410. The molecule has 7 rings (SSSR count). The third-order valence-electron chi connectivity index (χ3n) is 9.98. The van der Waals surface area contributed by atoms with Crippen LogP contribution in [0.1, 0.15) is 60.3 Å². The van der Waals surface area contributed by atoms with Crippen molar-refractivity contribution < 1.29 is 38.4 Å². The van der Waals surface area contributed by atoms with Crippen LogP contribution in [0.15, 0.2) is 103 Å². The standard InChI is InChI=1S/C46H41Cl2N3O8/c1-46(2,3)59-45(55)51-24-34-22-41-40(57-26-42(58-41)32-13-15-35(16-14-32)56-25-29-8-17-36(47)37(48)18-29)21-33(34)20-39(51)43(52)50-38(44(53)54)19-27-4-9-30(10-5-27)31-11-6-28(23-49)7-12-31/h4-18,21-22,38-39,42H,19-20,24-26H2,1-3H3,(H,50,52)(H,53,54)/t38-,39?,42+/m0/s1. The number of amides is 2. The number of hydrogen-bond donors (Lipinski definition) is 2. The molecule has 0 fully saturated rings. The number of carboxylic acid groups (broad SMARTS) is 1. The number of ether oxygens (including phenoxy) is 4. The highest BCUT2D eigenvalue weighted by atomic mass is 35.5. The van der Waals surface area contributed by atoms with Gasteiger partial charge in [-0.05, 0) is 108 Å². The van der Waals surface area contributed by atoms with Crippen LogP contribution in [0.3, 0.4) is 0 Å². The van der Waals surface area contributed by atoms with Gasteiger partial charge in [-0.25, -0.2) is 9.59 Å². The van der Waals surface area contributed by atoms with Gasteiger partial charge < -0.3 is 29.4 Å². The number of nitrogens with zero attached hydrogens (tertiary/aromatic N) is 2. The summed E-state index contributed by atoms with van der Waals surface area (Å²) in [6.07, 6.45) is -1.02. The van der Waals surface area contributed by atoms with Gasteiger partial charge in [0.25, 0.3) is 0 Å². The molecule has 0 bridgehead atoms. The summed E-state index contributed by atoms with van der Waals surface area (Å²) in [7, 11) is 0. The first-order valence-corrected chi connectivity index (χ1v) is 19.7. The largest absolute Gasteiger partial charge is 0.489 e. The number of fused-ring (bicyclic) bond motifs is 2. The average Bonchev–Trinajstić information content (AvgIpc) is 3.22. The number of aliphatic carboxylic acids is 1. The zero-order valence-electron chi connectivity index (χ0n) is 32.5. The Morgan fingerprint density at radius 3 is 2.19 bits per heavy atom. The van der Waals surface area contributed by atoms with Crippen LogP contribution in [-0.2, 0) is 40.3 Å². The van der Waals surface area contributed by atoms with Gasteiger partial charge in [0.05, 0.1) is 28.2 Å². The first-order chi connectivity index (χ1) is 28.2. The lowest BCUT2D eigenvalue weighted by Crippen LogP contribution is -2.56. The molecule has 5 aromatic carbocycles. The third kappa shape index (κ3) is 9.91. The van der Waals surface area contributed by atoms with E-state index in [9.17, 15) is 19.5 Å². The number of hydrogen-bond acceptors (Lipinski definition) is 8. The number of carboxylic acids is 1. The number of benzene rings is 5. The van der Waals surface area contributed by atoms with Gasteiger partial charge in [0.15, 0.2) is 17.6 Å². The maximum atomic E-state index is 14.0. The second-order valence-electron chi connectivity index (χ2n) is 15.4. The highest BCUT2D eigenvalue weighted by Crippen LogP contribution is 2.41. The normalized spacial score (nSPS) is 16.2. The molecule has 2 aliphatic rings. The number of nitriles is 1. The Labute approximate surface area is 352 Å². The molecule has 302 valence electrons. The van der Waals surface area contributed by atoms with Crippen molar-refractivity contribution in [2.75, 3.05) is 6.61 Å². The zero-order valence-corrected chi connectivity index (χ0v) is 34.0. The molecule has 1 unspecified atom stereocenters. The molecule has 2 N–H and O–H groups in total. The Morgan fingerprint density at radius 1 is 0.881 bits per heavy atom. The van der Waals surface area contributed by atoms with Gasteiger partial charge in [-0.2, -0.15) is 5.26 Å². The van der Waals surface area contributed by atoms with Crippen molar-refractivity contribution in [2.45, 2.75) is 70.6 Å². The summed E-state index contributed by atoms with van der Waals surface area (Å²) in [5, 5.41) is 22.9. The summed E-state index contributed by atoms with van der Waals surface area (Å²) in [4.78, 5) is 41.5. The fourth-order valence-corrected chi connectivity index (χ4v) is 7.23. The predicted molar refractivity (Wildman–Crippen MR) is 222 cm³/mol. The molecule has 59 heavy (non-hydrogen) atoms. The molecule has 11 nitrogen and oxygen atoms in total. The molecule has 13 heteroatoms. The van der Waals surface area contributed by atoms with E-state index in [4.69, 9.17) is 47.4 Å². The molecule has 3 atom stereocenters. The maximum absolute atomic E-state index is 14.0. The van der Waals surface area contributed by atoms with Crippen LogP contribution in [0.4, 0.5) is 4.79 Å². The van der Waals surface area contributed by atoms with Crippen LogP contribution in [0.5, 0.6) is 17.2 Å². The van der Waals surface area contributed by atoms with E-state index in [1.807, 2.05) is 66.7 Å². The Morgan fingerprint density at radius 2 is 1.54 bits per heavy atom. The molecule has 2 amide bonds. The molecule has 0 aliphatic carbocycles. The Kier molecular flexibility index (Phi) is 12.0. The summed E-state index contributed by atoms with van der Waals surface area (Å²) in [5.41, 5.74) is 5.46. The monoisotopic (exact) mass is 833 g/mol. The van der Waals surface area contributed by atoms with Gasteiger partial charge in [-0.3, -0.25) is 9.69 Å². The van der Waals surface area contributed by atoms with E-state index in [2.05, 4.69) is 11.4 Å². The van der Waals surface area contributed by atoms with Gasteiger partial charge in [-0.15, -0.1) is 0 Å². The van der Waals surface area contributed by atoms with Crippen molar-refractivity contribution in [3.63, 3.8) is 0 Å². The van der Waals surface area contributed by atoms with Crippen LogP contribution in [0, 0.1) is 11.3 Å². The predicted octanol–water partition coefficient (Wildman–Crippen LogP) is 9.10. The molecule has 0 spiro atoms. The third-order valence-corrected chi connectivity index (χ3v) is 10.7. The number of carbonyl (C=O) groups excluding carboxylic acids is 2. The van der Waals surface area contributed by atoms with Crippen molar-refractivity contribution in [2.24, 2.45) is 0 Å². The average molecular weight is 835 g/mol. The smallest absolute Gasteiger partial charge is 0.411 e. The molecule has 0 saturated heterocycles. The first kappa shape index (κ1) is 41.0. The highest BCUT2D eigenvalue weighted by molar-refractivity contribution is 6.42. The van der Waals surface area contributed by atoms with Crippen molar-refractivity contribution >= 4 is 41.2 Å². The van der Waals surface area contributed by atoms with Gasteiger partial charge in [-0.1, -0.05) is 77.8 Å². The summed E-state index contributed by atoms with van der Waals surface area (Å²) in [5.74, 6) is -0.185. The minimum Gasteiger partial charge on any atom is -0.489 e. The zero-order chi connectivity index (χ0) is 41.8. The van der Waals surface area contributed by atoms with Gasteiger partial charge in [0.2, 0.25) is 5.91 Å². The quantitative estimate of drug-likeness (QED) is 0.141. The number of rotatable bonds is 10. The summed E-state index contributed by atoms with van der Waals surface area (Å²) >= 11 is 12.2. The van der Waals surface area contributed by atoms with Crippen molar-refractivity contribution in [1.29, 1.82) is 5.26 Å². The number of halogens is 2. The van der Waals surface area contributed by atoms with E-state index in [1.165, 1.54) is 4.90 Å². The molecule has 0 aromatic heterocycles. The summed E-state index contributed by atoms with van der Waals surface area (Å²) in [6, 6.07) is 30.8. The van der Waals surface area contributed by atoms with Crippen molar-refractivity contribution in [3.05, 3.63) is 147 Å². The van der Waals surface area contributed by atoms with E-state index >= 15 is 0 Å². The van der Waals surface area contributed by atoms with E-state index in [0.29, 0.717) is 45.0 Å². The first-order valence-electron chi connectivity index (χ1n) is 19.0. The van der Waals surface area contributed by atoms with Gasteiger partial charge >= 0.3 is 12.1 Å². The Hall–Kier alpha value is -6.22. The van der Waals surface area contributed by atoms with E-state index in [-0.39, 0.29) is 26.0 Å². The topological polar surface area (TPSA) is 147 Å². The van der Waals surface area contributed by atoms with Crippen molar-refractivity contribution in [3.8, 4) is 34.4 Å². The summed E-state index contributed by atoms with van der Waals surface area (Å²) in [6.45, 7) is 5.78. The van der Waals surface area contributed by atoms with Crippen molar-refractivity contribution in [1.82, 2.24) is 10.2 Å². The minimum atomic E-state index is -1.27. The fourth-order valence-electron chi connectivity index (χ4n) is 6.91. The molecule has 2 heterocycles. The van der Waals surface area contributed by atoms with Crippen LogP contribution in [0.2, 0.25) is 10.0 Å². The molecule has 2 aliphatic heterocycles. The lowest BCUT2D eigenvalue weighted by atomic mass is 9.92. The van der Waals surface area contributed by atoms with Gasteiger partial charge in [0, 0.05) is 12.8 Å². The summed E-state index contributed by atoms with van der Waals surface area (Å²) < 4.78 is 24.3. The second kappa shape index (κ2) is 17.3.